The van der Waals surface area contributed by atoms with Crippen LogP contribution in [0.15, 0.2) is 110 Å². The van der Waals surface area contributed by atoms with Crippen LogP contribution in [-0.4, -0.2) is 19.1 Å². The second kappa shape index (κ2) is 6.53. The first-order valence-electron chi connectivity index (χ1n) is 10.7. The number of aromatic nitrogens is 4. The number of rotatable bonds is 2. The van der Waals surface area contributed by atoms with Crippen LogP contribution in [0.4, 0.5) is 0 Å². The quantitative estimate of drug-likeness (QED) is 0.298. The Kier molecular flexibility index (Phi) is 3.52. The maximum atomic E-state index is 4.54. The van der Waals surface area contributed by atoms with E-state index in [1.807, 2.05) is 36.9 Å². The molecule has 4 heteroatoms. The highest BCUT2D eigenvalue weighted by atomic mass is 15.1. The molecule has 0 aliphatic carbocycles. The lowest BCUT2D eigenvalue weighted by atomic mass is 10.0. The minimum absolute atomic E-state index is 1.01. The molecule has 0 N–H and O–H groups in total. The molecular formula is C28H18N4. The maximum Gasteiger partial charge on any atom is 0.100 e. The molecule has 0 saturated carbocycles. The molecule has 5 aromatic carbocycles. The lowest BCUT2D eigenvalue weighted by molar-refractivity contribution is 1.09. The van der Waals surface area contributed by atoms with Gasteiger partial charge in [-0.1, -0.05) is 36.4 Å². The fourth-order valence-corrected chi connectivity index (χ4v) is 4.60. The Hall–Kier alpha value is -4.44. The van der Waals surface area contributed by atoms with Gasteiger partial charge >= 0.3 is 0 Å². The van der Waals surface area contributed by atoms with Crippen molar-refractivity contribution in [2.45, 2.75) is 0 Å². The third kappa shape index (κ3) is 2.56. The van der Waals surface area contributed by atoms with Gasteiger partial charge < -0.3 is 0 Å². The third-order valence-corrected chi connectivity index (χ3v) is 6.23. The van der Waals surface area contributed by atoms with E-state index in [1.165, 1.54) is 21.5 Å². The minimum atomic E-state index is 1.01. The SMILES string of the molecule is c1ccc2c(c1)ncn2-c1ccc2cc3cc(-n4cnc5ccccc54)ccc3cc2c1. The van der Waals surface area contributed by atoms with Crippen molar-refractivity contribution in [3.05, 3.63) is 110 Å². The highest BCUT2D eigenvalue weighted by molar-refractivity contribution is 6.00. The zero-order valence-electron chi connectivity index (χ0n) is 17.2. The number of fused-ring (bicyclic) bond motifs is 4. The number of benzene rings is 5. The van der Waals surface area contributed by atoms with Crippen molar-refractivity contribution in [2.24, 2.45) is 0 Å². The first-order valence-corrected chi connectivity index (χ1v) is 10.7. The summed E-state index contributed by atoms with van der Waals surface area (Å²) >= 11 is 0. The van der Waals surface area contributed by atoms with Gasteiger partial charge in [0.15, 0.2) is 0 Å². The Balaban J connectivity index is 1.37. The predicted octanol–water partition coefficient (Wildman–Crippen LogP) is 6.67. The second-order valence-corrected chi connectivity index (χ2v) is 8.12. The average molecular weight is 410 g/mol. The zero-order chi connectivity index (χ0) is 21.1. The van der Waals surface area contributed by atoms with E-state index in [1.54, 1.807) is 0 Å². The van der Waals surface area contributed by atoms with Gasteiger partial charge in [0, 0.05) is 11.4 Å². The van der Waals surface area contributed by atoms with E-state index < -0.39 is 0 Å². The molecule has 0 atom stereocenters. The van der Waals surface area contributed by atoms with Crippen LogP contribution in [0.5, 0.6) is 0 Å². The molecule has 32 heavy (non-hydrogen) atoms. The van der Waals surface area contributed by atoms with Crippen molar-refractivity contribution in [1.82, 2.24) is 19.1 Å². The van der Waals surface area contributed by atoms with Crippen LogP contribution < -0.4 is 0 Å². The van der Waals surface area contributed by atoms with Gasteiger partial charge in [0.05, 0.1) is 22.1 Å². The van der Waals surface area contributed by atoms with E-state index in [0.717, 1.165) is 33.4 Å². The molecule has 0 bridgehead atoms. The number of nitrogens with zero attached hydrogens (tertiary/aromatic N) is 4. The smallest absolute Gasteiger partial charge is 0.100 e. The highest BCUT2D eigenvalue weighted by Crippen LogP contribution is 2.29. The van der Waals surface area contributed by atoms with E-state index in [-0.39, 0.29) is 0 Å². The van der Waals surface area contributed by atoms with Gasteiger partial charge in [-0.2, -0.15) is 0 Å². The summed E-state index contributed by atoms with van der Waals surface area (Å²) in [7, 11) is 0. The lowest BCUT2D eigenvalue weighted by Gasteiger charge is -2.10. The molecule has 0 unspecified atom stereocenters. The number of hydrogen-bond donors (Lipinski definition) is 0. The van der Waals surface area contributed by atoms with Gasteiger partial charge in [-0.05, 0) is 82.2 Å². The zero-order valence-corrected chi connectivity index (χ0v) is 17.2. The van der Waals surface area contributed by atoms with Crippen LogP contribution in [0, 0.1) is 0 Å². The van der Waals surface area contributed by atoms with Gasteiger partial charge in [-0.3, -0.25) is 9.13 Å². The van der Waals surface area contributed by atoms with Crippen molar-refractivity contribution in [3.8, 4) is 11.4 Å². The van der Waals surface area contributed by atoms with Crippen LogP contribution in [0.1, 0.15) is 0 Å². The summed E-state index contributed by atoms with van der Waals surface area (Å²) in [6.45, 7) is 0. The van der Waals surface area contributed by atoms with Gasteiger partial charge in [0.2, 0.25) is 0 Å². The molecule has 0 amide bonds. The molecule has 0 aliphatic rings. The normalized spacial score (nSPS) is 11.8. The summed E-state index contributed by atoms with van der Waals surface area (Å²) in [5, 5.41) is 4.87. The molecule has 2 aromatic heterocycles. The number of hydrogen-bond acceptors (Lipinski definition) is 2. The third-order valence-electron chi connectivity index (χ3n) is 6.23. The molecule has 7 rings (SSSR count). The topological polar surface area (TPSA) is 35.6 Å². The molecule has 0 fully saturated rings. The van der Waals surface area contributed by atoms with Gasteiger partial charge in [-0.25, -0.2) is 9.97 Å². The Labute approximate surface area is 184 Å². The fourth-order valence-electron chi connectivity index (χ4n) is 4.60. The van der Waals surface area contributed by atoms with E-state index >= 15 is 0 Å². The first kappa shape index (κ1) is 17.3. The molecule has 4 nitrogen and oxygen atoms in total. The van der Waals surface area contributed by atoms with E-state index in [2.05, 4.69) is 91.9 Å². The van der Waals surface area contributed by atoms with Gasteiger partial charge in [-0.15, -0.1) is 0 Å². The Bertz CT molecular complexity index is 1650. The summed E-state index contributed by atoms with van der Waals surface area (Å²) in [5.41, 5.74) is 6.48. The summed E-state index contributed by atoms with van der Waals surface area (Å²) < 4.78 is 4.29. The van der Waals surface area contributed by atoms with Gasteiger partial charge in [0.1, 0.15) is 12.7 Å². The average Bonchev–Trinajstić information content (AvgIpc) is 3.47. The number of para-hydroxylation sites is 4. The second-order valence-electron chi connectivity index (χ2n) is 8.12. The van der Waals surface area contributed by atoms with Crippen LogP contribution in [0.3, 0.4) is 0 Å². The highest BCUT2D eigenvalue weighted by Gasteiger charge is 2.08. The van der Waals surface area contributed by atoms with Crippen molar-refractivity contribution in [3.63, 3.8) is 0 Å². The standard InChI is InChI=1S/C28H18N4/c1-3-7-27-25(5-1)29-17-31(27)23-11-9-19-14-22-16-24(12-10-20(22)13-21(19)15-23)32-18-30-26-6-2-4-8-28(26)32/h1-18H. The molecule has 0 radical (unpaired) electrons. The van der Waals surface area contributed by atoms with Crippen LogP contribution >= 0.6 is 0 Å². The summed E-state index contributed by atoms with van der Waals surface area (Å²) in [6, 6.07) is 34.2. The van der Waals surface area contributed by atoms with Crippen LogP contribution in [0.2, 0.25) is 0 Å². The van der Waals surface area contributed by atoms with Crippen molar-refractivity contribution in [2.75, 3.05) is 0 Å². The van der Waals surface area contributed by atoms with Crippen LogP contribution in [0.25, 0.3) is 55.0 Å². The molecule has 7 aromatic rings. The molecule has 0 spiro atoms. The van der Waals surface area contributed by atoms with Gasteiger partial charge in [0.25, 0.3) is 0 Å². The van der Waals surface area contributed by atoms with E-state index in [4.69, 9.17) is 0 Å². The Morgan fingerprint density at radius 3 is 1.41 bits per heavy atom. The van der Waals surface area contributed by atoms with Crippen molar-refractivity contribution >= 4 is 43.6 Å². The van der Waals surface area contributed by atoms with Crippen molar-refractivity contribution < 1.29 is 0 Å². The molecule has 0 aliphatic heterocycles. The fraction of sp³-hybridized carbons (Fsp3) is 0. The first-order chi connectivity index (χ1) is 15.8. The molecule has 150 valence electrons. The molecule has 0 saturated heterocycles. The number of imidazole rings is 2. The molecular weight excluding hydrogens is 392 g/mol. The predicted molar refractivity (Wildman–Crippen MR) is 131 cm³/mol. The van der Waals surface area contributed by atoms with E-state index in [9.17, 15) is 0 Å². The largest absolute Gasteiger partial charge is 0.299 e. The summed E-state index contributed by atoms with van der Waals surface area (Å²) in [4.78, 5) is 9.07. The lowest BCUT2D eigenvalue weighted by Crippen LogP contribution is -1.93. The Morgan fingerprint density at radius 2 is 0.906 bits per heavy atom. The van der Waals surface area contributed by atoms with E-state index in [0.29, 0.717) is 0 Å². The monoisotopic (exact) mass is 410 g/mol. The van der Waals surface area contributed by atoms with Crippen molar-refractivity contribution in [1.29, 1.82) is 0 Å². The summed E-state index contributed by atoms with van der Waals surface area (Å²) in [6.07, 6.45) is 3.79. The van der Waals surface area contributed by atoms with Crippen LogP contribution in [-0.2, 0) is 0 Å². The Morgan fingerprint density at radius 1 is 0.438 bits per heavy atom. The molecule has 2 heterocycles. The summed E-state index contributed by atoms with van der Waals surface area (Å²) in [5.74, 6) is 0. The minimum Gasteiger partial charge on any atom is -0.299 e. The maximum absolute atomic E-state index is 4.54.